The van der Waals surface area contributed by atoms with Crippen molar-refractivity contribution in [3.63, 3.8) is 0 Å². The summed E-state index contributed by atoms with van der Waals surface area (Å²) in [7, 11) is 5.56. The maximum Gasteiger partial charge on any atom is 0.119 e. The van der Waals surface area contributed by atoms with Crippen molar-refractivity contribution in [2.45, 2.75) is 13.0 Å². The van der Waals surface area contributed by atoms with Gasteiger partial charge in [0.25, 0.3) is 0 Å². The number of hydrogen-bond donors (Lipinski definition) is 1. The van der Waals surface area contributed by atoms with Crippen LogP contribution in [0.3, 0.4) is 0 Å². The highest BCUT2D eigenvalue weighted by molar-refractivity contribution is 5.28. The third-order valence-corrected chi connectivity index (χ3v) is 3.03. The Kier molecular flexibility index (Phi) is 8.21. The van der Waals surface area contributed by atoms with Crippen LogP contribution in [0, 0.1) is 0 Å². The molecule has 1 aromatic rings. The van der Waals surface area contributed by atoms with Crippen molar-refractivity contribution in [2.24, 2.45) is 0 Å². The van der Waals surface area contributed by atoms with E-state index in [2.05, 4.69) is 29.4 Å². The number of hydrogen-bond acceptors (Lipinski definition) is 4. The van der Waals surface area contributed by atoms with E-state index in [1.165, 1.54) is 5.56 Å². The molecule has 0 aliphatic rings. The number of ether oxygens (including phenoxy) is 2. The van der Waals surface area contributed by atoms with E-state index in [1.54, 1.807) is 14.2 Å². The summed E-state index contributed by atoms with van der Waals surface area (Å²) >= 11 is 0. The highest BCUT2D eigenvalue weighted by atomic mass is 16.5. The van der Waals surface area contributed by atoms with Gasteiger partial charge in [-0.2, -0.15) is 0 Å². The molecule has 4 heteroatoms. The quantitative estimate of drug-likeness (QED) is 0.654. The van der Waals surface area contributed by atoms with Gasteiger partial charge in [-0.15, -0.1) is 0 Å². The van der Waals surface area contributed by atoms with Gasteiger partial charge in [0, 0.05) is 20.2 Å². The summed E-state index contributed by atoms with van der Waals surface area (Å²) in [5.74, 6) is 0.915. The monoisotopic (exact) mass is 266 g/mol. The van der Waals surface area contributed by atoms with Gasteiger partial charge in [-0.1, -0.05) is 12.1 Å². The number of rotatable bonds is 10. The van der Waals surface area contributed by atoms with E-state index >= 15 is 0 Å². The molecule has 1 aromatic carbocycles. The Balaban J connectivity index is 2.10. The van der Waals surface area contributed by atoms with Crippen LogP contribution in [0.2, 0.25) is 0 Å². The summed E-state index contributed by atoms with van der Waals surface area (Å²) in [5, 5.41) is 3.45. The molecule has 0 aromatic heterocycles. The second kappa shape index (κ2) is 9.78. The smallest absolute Gasteiger partial charge is 0.119 e. The van der Waals surface area contributed by atoms with E-state index in [1.807, 2.05) is 12.1 Å². The molecule has 0 radical (unpaired) electrons. The molecule has 0 saturated heterocycles. The summed E-state index contributed by atoms with van der Waals surface area (Å²) in [4.78, 5) is 2.29. The van der Waals surface area contributed by atoms with Crippen molar-refractivity contribution < 1.29 is 9.47 Å². The lowest BCUT2D eigenvalue weighted by Crippen LogP contribution is -2.26. The third kappa shape index (κ3) is 7.15. The summed E-state index contributed by atoms with van der Waals surface area (Å²) in [5.41, 5.74) is 1.26. The van der Waals surface area contributed by atoms with E-state index in [9.17, 15) is 0 Å². The van der Waals surface area contributed by atoms with Crippen molar-refractivity contribution in [3.8, 4) is 5.75 Å². The molecule has 19 heavy (non-hydrogen) atoms. The molecule has 0 unspecified atom stereocenters. The van der Waals surface area contributed by atoms with Gasteiger partial charge >= 0.3 is 0 Å². The zero-order valence-electron chi connectivity index (χ0n) is 12.3. The maximum atomic E-state index is 5.21. The molecular weight excluding hydrogens is 240 g/mol. The summed E-state index contributed by atoms with van der Waals surface area (Å²) in [6, 6.07) is 8.17. The van der Waals surface area contributed by atoms with Crippen LogP contribution in [0.5, 0.6) is 5.75 Å². The van der Waals surface area contributed by atoms with E-state index < -0.39 is 0 Å². The minimum atomic E-state index is 0.799. The van der Waals surface area contributed by atoms with Gasteiger partial charge in [0.2, 0.25) is 0 Å². The first-order valence-electron chi connectivity index (χ1n) is 6.77. The fraction of sp³-hybridized carbons (Fsp3) is 0.600. The van der Waals surface area contributed by atoms with Crippen LogP contribution >= 0.6 is 0 Å². The second-order valence-electron chi connectivity index (χ2n) is 4.68. The molecule has 0 amide bonds. The topological polar surface area (TPSA) is 33.7 Å². The van der Waals surface area contributed by atoms with Gasteiger partial charge in [0.15, 0.2) is 0 Å². The standard InChI is InChI=1S/C15H26N2O2/c1-17(10-11-18-2)9-5-8-16-13-14-6-4-7-15(12-14)19-3/h4,6-7,12,16H,5,8-11,13H2,1-3H3. The van der Waals surface area contributed by atoms with Crippen molar-refractivity contribution in [2.75, 3.05) is 47.5 Å². The molecule has 108 valence electrons. The first-order valence-corrected chi connectivity index (χ1v) is 6.77. The molecule has 0 saturated carbocycles. The van der Waals surface area contributed by atoms with Crippen LogP contribution in [0.15, 0.2) is 24.3 Å². The lowest BCUT2D eigenvalue weighted by atomic mass is 10.2. The highest BCUT2D eigenvalue weighted by Gasteiger charge is 1.98. The van der Waals surface area contributed by atoms with Gasteiger partial charge < -0.3 is 19.7 Å². The zero-order valence-corrected chi connectivity index (χ0v) is 12.3. The van der Waals surface area contributed by atoms with Gasteiger partial charge in [0.05, 0.1) is 13.7 Å². The predicted octanol–water partition coefficient (Wildman–Crippen LogP) is 1.75. The summed E-state index contributed by atoms with van der Waals surface area (Å²) in [6.45, 7) is 4.79. The SMILES string of the molecule is COCCN(C)CCCNCc1cccc(OC)c1. The first kappa shape index (κ1) is 16.0. The second-order valence-corrected chi connectivity index (χ2v) is 4.68. The lowest BCUT2D eigenvalue weighted by molar-refractivity contribution is 0.160. The fourth-order valence-electron chi connectivity index (χ4n) is 1.85. The predicted molar refractivity (Wildman–Crippen MR) is 78.7 cm³/mol. The van der Waals surface area contributed by atoms with Gasteiger partial charge in [0.1, 0.15) is 5.75 Å². The molecule has 0 spiro atoms. The van der Waals surface area contributed by atoms with Crippen LogP contribution in [0.25, 0.3) is 0 Å². The van der Waals surface area contributed by atoms with Crippen LogP contribution < -0.4 is 10.1 Å². The van der Waals surface area contributed by atoms with Crippen molar-refractivity contribution >= 4 is 0 Å². The van der Waals surface area contributed by atoms with E-state index in [4.69, 9.17) is 9.47 Å². The van der Waals surface area contributed by atoms with Crippen LogP contribution in [0.1, 0.15) is 12.0 Å². The van der Waals surface area contributed by atoms with Crippen molar-refractivity contribution in [1.82, 2.24) is 10.2 Å². The molecule has 1 N–H and O–H groups in total. The Morgan fingerprint density at radius 3 is 2.79 bits per heavy atom. The molecule has 0 atom stereocenters. The first-order chi connectivity index (χ1) is 9.26. The number of nitrogens with zero attached hydrogens (tertiary/aromatic N) is 1. The molecule has 0 heterocycles. The Bertz CT molecular complexity index is 345. The fourth-order valence-corrected chi connectivity index (χ4v) is 1.85. The van der Waals surface area contributed by atoms with Crippen LogP contribution in [0.4, 0.5) is 0 Å². The van der Waals surface area contributed by atoms with E-state index in [0.29, 0.717) is 0 Å². The molecule has 0 bridgehead atoms. The number of methoxy groups -OCH3 is 2. The maximum absolute atomic E-state index is 5.21. The Labute approximate surface area is 116 Å². The minimum Gasteiger partial charge on any atom is -0.497 e. The largest absolute Gasteiger partial charge is 0.497 e. The van der Waals surface area contributed by atoms with Crippen LogP contribution in [-0.4, -0.2) is 52.4 Å². The number of likely N-dealkylation sites (N-methyl/N-ethyl adjacent to an activating group) is 1. The summed E-state index contributed by atoms with van der Waals surface area (Å²) in [6.07, 6.45) is 1.14. The molecule has 0 aliphatic carbocycles. The highest BCUT2D eigenvalue weighted by Crippen LogP contribution is 2.11. The van der Waals surface area contributed by atoms with Crippen molar-refractivity contribution in [1.29, 1.82) is 0 Å². The van der Waals surface area contributed by atoms with Gasteiger partial charge in [-0.3, -0.25) is 0 Å². The molecule has 1 rings (SSSR count). The zero-order chi connectivity index (χ0) is 13.9. The van der Waals surface area contributed by atoms with Crippen LogP contribution in [-0.2, 0) is 11.3 Å². The normalized spacial score (nSPS) is 10.9. The van der Waals surface area contributed by atoms with Gasteiger partial charge in [-0.05, 0) is 44.3 Å². The Morgan fingerprint density at radius 2 is 2.05 bits per heavy atom. The van der Waals surface area contributed by atoms with E-state index in [-0.39, 0.29) is 0 Å². The lowest BCUT2D eigenvalue weighted by Gasteiger charge is -2.15. The average Bonchev–Trinajstić information content (AvgIpc) is 2.45. The Hall–Kier alpha value is -1.10. The number of benzene rings is 1. The molecular formula is C15H26N2O2. The number of nitrogens with one attached hydrogen (secondary N) is 1. The van der Waals surface area contributed by atoms with Crippen molar-refractivity contribution in [3.05, 3.63) is 29.8 Å². The summed E-state index contributed by atoms with van der Waals surface area (Å²) < 4.78 is 10.3. The Morgan fingerprint density at radius 1 is 1.21 bits per heavy atom. The van der Waals surface area contributed by atoms with Gasteiger partial charge in [-0.25, -0.2) is 0 Å². The molecule has 4 nitrogen and oxygen atoms in total. The average molecular weight is 266 g/mol. The molecule has 0 aliphatic heterocycles. The minimum absolute atomic E-state index is 0.799. The molecule has 0 fully saturated rings. The van der Waals surface area contributed by atoms with E-state index in [0.717, 1.165) is 45.0 Å². The third-order valence-electron chi connectivity index (χ3n) is 3.03.